The fourth-order valence-corrected chi connectivity index (χ4v) is 3.23. The van der Waals surface area contributed by atoms with Crippen molar-refractivity contribution in [2.24, 2.45) is 0 Å². The van der Waals surface area contributed by atoms with Crippen LogP contribution in [0.2, 0.25) is 0 Å². The Labute approximate surface area is 239 Å². The zero-order valence-electron chi connectivity index (χ0n) is 20.7. The van der Waals surface area contributed by atoms with Gasteiger partial charge in [-0.1, -0.05) is 0 Å². The average Bonchev–Trinajstić information content (AvgIpc) is 2.80. The van der Waals surface area contributed by atoms with Crippen molar-refractivity contribution in [3.05, 3.63) is 0 Å². The maximum atomic E-state index is 13.6. The Morgan fingerprint density at radius 3 is 0.745 bits per heavy atom. The first kappa shape index (κ1) is 45.3. The van der Waals surface area contributed by atoms with Crippen LogP contribution in [0, 0.1) is 0 Å². The van der Waals surface area contributed by atoms with Gasteiger partial charge in [0.05, 0.1) is 13.2 Å². The lowest BCUT2D eigenvalue weighted by molar-refractivity contribution is -0.440. The van der Waals surface area contributed by atoms with Gasteiger partial charge in [0, 0.05) is 12.8 Å². The Bertz CT molecular complexity index is 1050. The topological polar surface area (TPSA) is 58.6 Å². The van der Waals surface area contributed by atoms with E-state index in [4.69, 9.17) is 0 Å². The summed E-state index contributed by atoms with van der Waals surface area (Å²) in [6.45, 7) is -5.71. The lowest BCUT2D eigenvalue weighted by atomic mass is 9.93. The molecule has 0 aliphatic carbocycles. The van der Waals surface area contributed by atoms with Gasteiger partial charge in [0.1, 0.15) is 0 Å². The van der Waals surface area contributed by atoms with Gasteiger partial charge < -0.3 is 13.9 Å². The summed E-state index contributed by atoms with van der Waals surface area (Å²) in [4.78, 5) is 11.2. The second-order valence-corrected chi connectivity index (χ2v) is 10.0. The van der Waals surface area contributed by atoms with E-state index in [9.17, 15) is 124 Å². The molecule has 284 valence electrons. The molecule has 0 saturated heterocycles. The van der Waals surface area contributed by atoms with Crippen molar-refractivity contribution in [2.75, 3.05) is 13.2 Å². The van der Waals surface area contributed by atoms with Crippen LogP contribution >= 0.6 is 7.82 Å². The third-order valence-electron chi connectivity index (χ3n) is 5.33. The van der Waals surface area contributed by atoms with Crippen LogP contribution < -0.4 is 4.89 Å². The standard InChI is InChI=1S/C16H9F26O4P/c17-5(18,7(21,22)9(25,26)11(29,30)13(33,34)15(37,38)39)1-3-45-47(43,44)46-4-2-6(19,20)8(23,24)10(27,28)12(31,32)14(35,36)16(40,41)42/h1-4H2,(H,43,44)/p-1. The monoisotopic (exact) mass is 789 g/mol. The smallest absolute Gasteiger partial charge is 0.460 e. The molecular formula is C16H8F26O4P-. The van der Waals surface area contributed by atoms with Crippen LogP contribution in [0.15, 0.2) is 0 Å². The molecule has 31 heteroatoms. The SMILES string of the molecule is O=P([O-])(OCCC(F)(F)C(F)(F)C(F)(F)C(F)(F)C(F)(F)C(F)(F)F)OCCC(F)(F)C(F)(F)C(F)(F)C(F)(F)C(F)(F)C(F)(F)F. The summed E-state index contributed by atoms with van der Waals surface area (Å²) in [6, 6.07) is 0. The number of phosphoric ester groups is 1. The number of rotatable bonds is 16. The van der Waals surface area contributed by atoms with Crippen molar-refractivity contribution < 1.29 is 133 Å². The summed E-state index contributed by atoms with van der Waals surface area (Å²) in [7, 11) is -6.83. The molecule has 0 aromatic carbocycles. The van der Waals surface area contributed by atoms with E-state index in [0.29, 0.717) is 0 Å². The predicted molar refractivity (Wildman–Crippen MR) is 90.3 cm³/mol. The van der Waals surface area contributed by atoms with Gasteiger partial charge in [-0.15, -0.1) is 0 Å². The highest BCUT2D eigenvalue weighted by atomic mass is 31.2. The maximum Gasteiger partial charge on any atom is 0.460 e. The van der Waals surface area contributed by atoms with Gasteiger partial charge in [0.15, 0.2) is 0 Å². The molecule has 4 nitrogen and oxygen atoms in total. The van der Waals surface area contributed by atoms with Crippen molar-refractivity contribution in [1.82, 2.24) is 0 Å². The molecule has 0 bridgehead atoms. The van der Waals surface area contributed by atoms with Crippen LogP contribution in [0.25, 0.3) is 0 Å². The van der Waals surface area contributed by atoms with Crippen LogP contribution in [0.5, 0.6) is 0 Å². The molecule has 0 saturated carbocycles. The van der Waals surface area contributed by atoms with Gasteiger partial charge in [-0.2, -0.15) is 114 Å². The Morgan fingerprint density at radius 2 is 0.553 bits per heavy atom. The van der Waals surface area contributed by atoms with Crippen molar-refractivity contribution in [2.45, 2.75) is 84.4 Å². The molecule has 0 aliphatic heterocycles. The highest BCUT2D eigenvalue weighted by Crippen LogP contribution is 2.62. The quantitative estimate of drug-likeness (QED) is 0.116. The van der Waals surface area contributed by atoms with E-state index in [1.165, 1.54) is 0 Å². The molecule has 0 atom stereocenters. The van der Waals surface area contributed by atoms with Crippen LogP contribution in [0.1, 0.15) is 12.8 Å². The second-order valence-electron chi connectivity index (χ2n) is 8.61. The Balaban J connectivity index is 5.81. The van der Waals surface area contributed by atoms with Crippen molar-refractivity contribution >= 4 is 7.82 Å². The highest BCUT2D eigenvalue weighted by molar-refractivity contribution is 7.45. The third-order valence-corrected chi connectivity index (χ3v) is 6.33. The highest BCUT2D eigenvalue weighted by Gasteiger charge is 2.92. The Morgan fingerprint density at radius 1 is 0.362 bits per heavy atom. The van der Waals surface area contributed by atoms with Gasteiger partial charge >= 0.3 is 71.6 Å². The summed E-state index contributed by atoms with van der Waals surface area (Å²) in [5, 5.41) is 0. The molecule has 0 radical (unpaired) electrons. The van der Waals surface area contributed by atoms with Gasteiger partial charge in [0.2, 0.25) is 0 Å². The van der Waals surface area contributed by atoms with Gasteiger partial charge in [-0.25, -0.2) is 0 Å². The first-order chi connectivity index (χ1) is 19.9. The third kappa shape index (κ3) is 7.28. The molecule has 0 aromatic rings. The normalized spacial score (nSPS) is 16.6. The first-order valence-corrected chi connectivity index (χ1v) is 11.9. The lowest BCUT2D eigenvalue weighted by Gasteiger charge is -2.40. The van der Waals surface area contributed by atoms with Crippen LogP contribution in [-0.4, -0.2) is 84.8 Å². The van der Waals surface area contributed by atoms with Gasteiger partial charge in [-0.3, -0.25) is 4.57 Å². The molecule has 0 aliphatic rings. The predicted octanol–water partition coefficient (Wildman–Crippen LogP) is 8.75. The van der Waals surface area contributed by atoms with Crippen LogP contribution in [-0.2, 0) is 13.6 Å². The largest absolute Gasteiger partial charge is 0.756 e. The minimum Gasteiger partial charge on any atom is -0.756 e. The van der Waals surface area contributed by atoms with E-state index in [1.54, 1.807) is 0 Å². The Kier molecular flexibility index (Phi) is 11.8. The molecule has 0 heterocycles. The number of phosphoric acid groups is 1. The fourth-order valence-electron chi connectivity index (χ4n) is 2.53. The fraction of sp³-hybridized carbons (Fsp3) is 1.00. The van der Waals surface area contributed by atoms with E-state index >= 15 is 0 Å². The summed E-state index contributed by atoms with van der Waals surface area (Å²) >= 11 is 0. The molecule has 0 amide bonds. The molecule has 0 unspecified atom stereocenters. The zero-order valence-corrected chi connectivity index (χ0v) is 21.6. The number of alkyl halides is 26. The first-order valence-electron chi connectivity index (χ1n) is 10.4. The maximum absolute atomic E-state index is 13.6. The summed E-state index contributed by atoms with van der Waals surface area (Å²) in [6.07, 6.45) is -22.4. The molecule has 0 N–H and O–H groups in total. The van der Waals surface area contributed by atoms with E-state index < -0.39 is 105 Å². The Hall–Kier alpha value is -1.71. The molecule has 0 fully saturated rings. The summed E-state index contributed by atoms with van der Waals surface area (Å²) < 4.78 is 354. The van der Waals surface area contributed by atoms with E-state index in [0.717, 1.165) is 0 Å². The van der Waals surface area contributed by atoms with Crippen molar-refractivity contribution in [1.29, 1.82) is 0 Å². The minimum atomic E-state index is -8.38. The van der Waals surface area contributed by atoms with E-state index in [2.05, 4.69) is 9.05 Å². The number of hydrogen-bond acceptors (Lipinski definition) is 4. The van der Waals surface area contributed by atoms with Crippen molar-refractivity contribution in [3.63, 3.8) is 0 Å². The molecule has 0 spiro atoms. The van der Waals surface area contributed by atoms with E-state index in [1.807, 2.05) is 0 Å². The summed E-state index contributed by atoms with van der Waals surface area (Å²) in [5.74, 6) is -79.6. The second kappa shape index (κ2) is 12.3. The van der Waals surface area contributed by atoms with Gasteiger partial charge in [-0.05, 0) is 0 Å². The molecular weight excluding hydrogens is 781 g/mol. The number of halogens is 26. The van der Waals surface area contributed by atoms with Crippen molar-refractivity contribution in [3.8, 4) is 0 Å². The minimum absolute atomic E-state index is 2.86. The lowest BCUT2D eigenvalue weighted by Crippen LogP contribution is -2.70. The molecule has 0 rings (SSSR count). The van der Waals surface area contributed by atoms with Crippen LogP contribution in [0.4, 0.5) is 114 Å². The molecule has 0 aromatic heterocycles. The zero-order chi connectivity index (χ0) is 38.7. The number of hydrogen-bond donors (Lipinski definition) is 0. The van der Waals surface area contributed by atoms with Gasteiger partial charge in [0.25, 0.3) is 7.82 Å². The van der Waals surface area contributed by atoms with E-state index in [-0.39, 0.29) is 0 Å². The molecule has 47 heavy (non-hydrogen) atoms. The van der Waals surface area contributed by atoms with Crippen LogP contribution in [0.3, 0.4) is 0 Å². The summed E-state index contributed by atoms with van der Waals surface area (Å²) in [5.41, 5.74) is 0. The average molecular weight is 789 g/mol.